The van der Waals surface area contributed by atoms with Crippen molar-refractivity contribution in [1.82, 2.24) is 15.0 Å². The fourth-order valence-electron chi connectivity index (χ4n) is 4.82. The number of amides is 1. The van der Waals surface area contributed by atoms with Gasteiger partial charge in [-0.05, 0) is 61.4 Å². The number of carbonyl (C=O) groups excluding carboxylic acids is 2. The number of benzene rings is 2. The van der Waals surface area contributed by atoms with Crippen LogP contribution < -0.4 is 0 Å². The van der Waals surface area contributed by atoms with Gasteiger partial charge in [0.25, 0.3) is 0 Å². The van der Waals surface area contributed by atoms with Crippen LogP contribution in [0.25, 0.3) is 11.4 Å². The van der Waals surface area contributed by atoms with E-state index < -0.39 is 0 Å². The average molecular weight is 448 g/mol. The maximum absolute atomic E-state index is 13.5. The highest BCUT2D eigenvalue weighted by Gasteiger charge is 2.29. The van der Waals surface area contributed by atoms with Gasteiger partial charge in [-0.2, -0.15) is 4.98 Å². The van der Waals surface area contributed by atoms with E-state index in [9.17, 15) is 14.0 Å². The fourth-order valence-corrected chi connectivity index (χ4v) is 4.82. The van der Waals surface area contributed by atoms with Gasteiger partial charge in [-0.3, -0.25) is 9.59 Å². The lowest BCUT2D eigenvalue weighted by molar-refractivity contribution is -0.132. The summed E-state index contributed by atoms with van der Waals surface area (Å²) in [4.78, 5) is 31.7. The number of aryl methyl sites for hydroxylation is 2. The number of fused-ring (bicyclic) bond motifs is 1. The van der Waals surface area contributed by atoms with Crippen LogP contribution in [0.1, 0.15) is 65.4 Å². The molecule has 2 heterocycles. The van der Waals surface area contributed by atoms with E-state index in [-0.39, 0.29) is 36.3 Å². The molecule has 1 atom stereocenters. The van der Waals surface area contributed by atoms with Crippen molar-refractivity contribution in [3.63, 3.8) is 0 Å². The number of carbonyl (C=O) groups is 2. The Labute approximate surface area is 191 Å². The third-order valence-electron chi connectivity index (χ3n) is 6.63. The van der Waals surface area contributed by atoms with Gasteiger partial charge in [0.1, 0.15) is 5.82 Å². The van der Waals surface area contributed by atoms with Crippen molar-refractivity contribution in [1.29, 1.82) is 0 Å². The first-order valence-corrected chi connectivity index (χ1v) is 11.6. The molecule has 1 aliphatic heterocycles. The van der Waals surface area contributed by atoms with E-state index >= 15 is 0 Å². The lowest BCUT2D eigenvalue weighted by Crippen LogP contribution is -2.39. The number of Topliss-reactive ketones (excluding diaryl/α,β-unsaturated/α-hetero) is 1. The molecule has 3 aromatic rings. The normalized spacial score (nSPS) is 17.7. The van der Waals surface area contributed by atoms with Gasteiger partial charge in [-0.15, -0.1) is 0 Å². The zero-order valence-corrected chi connectivity index (χ0v) is 18.4. The molecule has 1 aromatic heterocycles. The summed E-state index contributed by atoms with van der Waals surface area (Å²) >= 11 is 0. The van der Waals surface area contributed by atoms with Crippen LogP contribution in [0, 0.1) is 5.82 Å². The number of halogens is 1. The van der Waals surface area contributed by atoms with Crippen LogP contribution in [0.5, 0.6) is 0 Å². The molecule has 5 rings (SSSR count). The molecule has 2 aliphatic rings. The molecule has 33 heavy (non-hydrogen) atoms. The second-order valence-corrected chi connectivity index (χ2v) is 8.91. The average Bonchev–Trinajstić information content (AvgIpc) is 3.52. The second kappa shape index (κ2) is 9.25. The van der Waals surface area contributed by atoms with E-state index in [4.69, 9.17) is 4.52 Å². The van der Waals surface area contributed by atoms with Crippen molar-refractivity contribution in [2.24, 2.45) is 0 Å². The van der Waals surface area contributed by atoms with Gasteiger partial charge in [0.05, 0.1) is 5.92 Å². The van der Waals surface area contributed by atoms with E-state index in [0.29, 0.717) is 35.9 Å². The largest absolute Gasteiger partial charge is 0.342 e. The van der Waals surface area contributed by atoms with Crippen molar-refractivity contribution in [2.45, 2.75) is 50.9 Å². The van der Waals surface area contributed by atoms with E-state index in [1.165, 1.54) is 23.3 Å². The molecule has 0 radical (unpaired) electrons. The minimum Gasteiger partial charge on any atom is -0.342 e. The molecule has 0 saturated carbocycles. The highest BCUT2D eigenvalue weighted by molar-refractivity contribution is 5.98. The molecule has 1 fully saturated rings. The van der Waals surface area contributed by atoms with Crippen LogP contribution in [0.2, 0.25) is 0 Å². The highest BCUT2D eigenvalue weighted by Crippen LogP contribution is 2.28. The Morgan fingerprint density at radius 2 is 1.94 bits per heavy atom. The van der Waals surface area contributed by atoms with Gasteiger partial charge in [0, 0.05) is 37.1 Å². The quantitative estimate of drug-likeness (QED) is 0.511. The van der Waals surface area contributed by atoms with E-state index in [0.717, 1.165) is 32.1 Å². The lowest BCUT2D eigenvalue weighted by atomic mass is 9.97. The number of piperidine rings is 1. The first kappa shape index (κ1) is 21.5. The van der Waals surface area contributed by atoms with Gasteiger partial charge in [-0.25, -0.2) is 4.39 Å². The monoisotopic (exact) mass is 447 g/mol. The van der Waals surface area contributed by atoms with Gasteiger partial charge in [0.15, 0.2) is 5.78 Å². The Hall–Kier alpha value is -3.35. The maximum atomic E-state index is 13.5. The SMILES string of the molecule is O=C(CCC(=O)N1CCC[C@H](c2nc(-c3cccc(F)c3)no2)C1)c1ccc2c(c1)CCC2. The van der Waals surface area contributed by atoms with Crippen molar-refractivity contribution in [2.75, 3.05) is 13.1 Å². The fraction of sp³-hybridized carbons (Fsp3) is 0.385. The van der Waals surface area contributed by atoms with Crippen LogP contribution in [0.3, 0.4) is 0 Å². The minimum atomic E-state index is -0.359. The predicted molar refractivity (Wildman–Crippen MR) is 120 cm³/mol. The number of hydrogen-bond donors (Lipinski definition) is 0. The van der Waals surface area contributed by atoms with Crippen LogP contribution in [-0.2, 0) is 17.6 Å². The summed E-state index contributed by atoms with van der Waals surface area (Å²) in [7, 11) is 0. The van der Waals surface area contributed by atoms with E-state index in [1.807, 2.05) is 12.1 Å². The molecule has 6 nitrogen and oxygen atoms in total. The first-order chi connectivity index (χ1) is 16.1. The van der Waals surface area contributed by atoms with Crippen LogP contribution in [0.4, 0.5) is 4.39 Å². The Morgan fingerprint density at radius 1 is 1.06 bits per heavy atom. The molecule has 0 unspecified atom stereocenters. The molecule has 0 spiro atoms. The van der Waals surface area contributed by atoms with E-state index in [2.05, 4.69) is 16.2 Å². The number of likely N-dealkylation sites (tertiary alicyclic amines) is 1. The summed E-state index contributed by atoms with van der Waals surface area (Å²) in [5.41, 5.74) is 3.86. The van der Waals surface area contributed by atoms with Crippen molar-refractivity contribution >= 4 is 11.7 Å². The Kier molecular flexibility index (Phi) is 6.03. The van der Waals surface area contributed by atoms with Crippen LogP contribution in [0.15, 0.2) is 47.0 Å². The molecule has 0 bridgehead atoms. The number of ketones is 1. The van der Waals surface area contributed by atoms with Gasteiger partial charge in [-0.1, -0.05) is 29.4 Å². The maximum Gasteiger partial charge on any atom is 0.231 e. The van der Waals surface area contributed by atoms with Gasteiger partial charge < -0.3 is 9.42 Å². The highest BCUT2D eigenvalue weighted by atomic mass is 19.1. The van der Waals surface area contributed by atoms with Crippen LogP contribution in [-0.4, -0.2) is 39.8 Å². The second-order valence-electron chi connectivity index (χ2n) is 8.91. The Balaban J connectivity index is 1.18. The van der Waals surface area contributed by atoms with Crippen molar-refractivity contribution in [3.05, 3.63) is 70.9 Å². The zero-order valence-electron chi connectivity index (χ0n) is 18.4. The summed E-state index contributed by atoms with van der Waals surface area (Å²) in [5, 5.41) is 3.99. The smallest absolute Gasteiger partial charge is 0.231 e. The third-order valence-corrected chi connectivity index (χ3v) is 6.63. The molecular formula is C26H26FN3O3. The minimum absolute atomic E-state index is 0.0169. The Morgan fingerprint density at radius 3 is 2.82 bits per heavy atom. The standard InChI is InChI=1S/C26H26FN3O3/c27-22-8-2-6-20(15-22)25-28-26(33-29-25)21-7-3-13-30(16-21)24(32)12-11-23(31)19-10-9-17-4-1-5-18(17)14-19/h2,6,8-10,14-15,21H,1,3-5,7,11-13,16H2/t21-/m0/s1. The lowest BCUT2D eigenvalue weighted by Gasteiger charge is -2.31. The summed E-state index contributed by atoms with van der Waals surface area (Å²) < 4.78 is 18.9. The first-order valence-electron chi connectivity index (χ1n) is 11.6. The number of nitrogens with zero attached hydrogens (tertiary/aromatic N) is 3. The van der Waals surface area contributed by atoms with Gasteiger partial charge in [0.2, 0.25) is 17.6 Å². The molecule has 2 aromatic carbocycles. The molecule has 7 heteroatoms. The van der Waals surface area contributed by atoms with E-state index in [1.54, 1.807) is 17.0 Å². The summed E-state index contributed by atoms with van der Waals surface area (Å²) in [6, 6.07) is 12.0. The van der Waals surface area contributed by atoms with Gasteiger partial charge >= 0.3 is 0 Å². The summed E-state index contributed by atoms with van der Waals surface area (Å²) in [6.07, 6.45) is 5.33. The molecule has 0 N–H and O–H groups in total. The summed E-state index contributed by atoms with van der Waals surface area (Å²) in [6.45, 7) is 1.14. The molecule has 1 amide bonds. The topological polar surface area (TPSA) is 76.3 Å². The molecule has 1 aliphatic carbocycles. The van der Waals surface area contributed by atoms with Crippen molar-refractivity contribution < 1.29 is 18.5 Å². The van der Waals surface area contributed by atoms with Crippen LogP contribution >= 0.6 is 0 Å². The molecular weight excluding hydrogens is 421 g/mol. The predicted octanol–water partition coefficient (Wildman–Crippen LogP) is 4.73. The summed E-state index contributed by atoms with van der Waals surface area (Å²) in [5.74, 6) is 0.365. The molecule has 170 valence electrons. The van der Waals surface area contributed by atoms with Crippen molar-refractivity contribution in [3.8, 4) is 11.4 Å². The third kappa shape index (κ3) is 4.72. The number of aromatic nitrogens is 2. The molecule has 1 saturated heterocycles. The number of rotatable bonds is 6. The Bertz CT molecular complexity index is 1190. The zero-order chi connectivity index (χ0) is 22.8. The number of hydrogen-bond acceptors (Lipinski definition) is 5.